The van der Waals surface area contributed by atoms with Crippen LogP contribution in [0.3, 0.4) is 0 Å². The molecule has 11 heteroatoms. The normalized spacial score (nSPS) is 18.9. The standard InChI is InChI=1S/C27H29F2N7O2/c28-24-12-21(13-25(29)23(24)17-34-7-9-38-10-8-34)36-6-2-18-14-31-27(33-26(18)36)32-19-1-4-30-20(11-19)15-35-5-3-22(37)16-35/h1-2,4,6,11-14,22,37H,3,5,7-10,15-17H2,(H,30,31,32,33). The van der Waals surface area contributed by atoms with Gasteiger partial charge in [0.1, 0.15) is 17.3 Å². The number of benzene rings is 1. The van der Waals surface area contributed by atoms with Gasteiger partial charge in [-0.3, -0.25) is 14.8 Å². The summed E-state index contributed by atoms with van der Waals surface area (Å²) in [5.74, 6) is -0.817. The quantitative estimate of drug-likeness (QED) is 0.383. The first-order valence-electron chi connectivity index (χ1n) is 12.8. The highest BCUT2D eigenvalue weighted by atomic mass is 19.1. The molecule has 2 aliphatic heterocycles. The van der Waals surface area contributed by atoms with Gasteiger partial charge in [-0.1, -0.05) is 0 Å². The largest absolute Gasteiger partial charge is 0.392 e. The van der Waals surface area contributed by atoms with Gasteiger partial charge in [0, 0.05) is 74.5 Å². The lowest BCUT2D eigenvalue weighted by atomic mass is 10.1. The number of nitrogens with zero attached hydrogens (tertiary/aromatic N) is 6. The molecule has 1 atom stereocenters. The second-order valence-corrected chi connectivity index (χ2v) is 9.77. The van der Waals surface area contributed by atoms with Crippen LogP contribution in [0.15, 0.2) is 48.9 Å². The van der Waals surface area contributed by atoms with Gasteiger partial charge in [0.15, 0.2) is 0 Å². The molecule has 0 amide bonds. The number of β-amino-alcohol motifs (C(OH)–C–C–N with tert-alkyl or cyclic N) is 1. The molecule has 2 aliphatic rings. The Morgan fingerprint density at radius 3 is 2.58 bits per heavy atom. The topological polar surface area (TPSA) is 91.6 Å². The molecule has 0 saturated carbocycles. The third-order valence-corrected chi connectivity index (χ3v) is 7.02. The van der Waals surface area contributed by atoms with Crippen LogP contribution in [-0.2, 0) is 17.8 Å². The molecular formula is C27H29F2N7O2. The number of nitrogens with one attached hydrogen (secondary N) is 1. The lowest BCUT2D eigenvalue weighted by Crippen LogP contribution is -2.36. The van der Waals surface area contributed by atoms with Crippen molar-refractivity contribution in [1.29, 1.82) is 0 Å². The summed E-state index contributed by atoms with van der Waals surface area (Å²) in [5, 5.41) is 13.7. The predicted octanol–water partition coefficient (Wildman–Crippen LogP) is 3.24. The van der Waals surface area contributed by atoms with E-state index in [4.69, 9.17) is 4.74 Å². The minimum Gasteiger partial charge on any atom is -0.392 e. The fourth-order valence-corrected chi connectivity index (χ4v) is 5.01. The number of ether oxygens (including phenoxy) is 1. The summed E-state index contributed by atoms with van der Waals surface area (Å²) in [5.41, 5.74) is 2.58. The van der Waals surface area contributed by atoms with Gasteiger partial charge in [0.25, 0.3) is 0 Å². The van der Waals surface area contributed by atoms with Crippen LogP contribution < -0.4 is 5.32 Å². The summed E-state index contributed by atoms with van der Waals surface area (Å²) in [6, 6.07) is 8.25. The van der Waals surface area contributed by atoms with Crippen LogP contribution in [0.5, 0.6) is 0 Å². The molecule has 2 saturated heterocycles. The number of fused-ring (bicyclic) bond motifs is 1. The van der Waals surface area contributed by atoms with Crippen molar-refractivity contribution in [2.75, 3.05) is 44.7 Å². The molecule has 1 aromatic carbocycles. The molecule has 2 fully saturated rings. The molecule has 5 heterocycles. The minimum atomic E-state index is -0.587. The van der Waals surface area contributed by atoms with Crippen molar-refractivity contribution in [3.05, 3.63) is 71.8 Å². The van der Waals surface area contributed by atoms with E-state index in [1.165, 1.54) is 12.1 Å². The number of anilines is 2. The minimum absolute atomic E-state index is 0.0565. The van der Waals surface area contributed by atoms with Crippen LogP contribution in [0.2, 0.25) is 0 Å². The number of aliphatic hydroxyl groups excluding tert-OH is 1. The van der Waals surface area contributed by atoms with Gasteiger partial charge >= 0.3 is 0 Å². The predicted molar refractivity (Wildman–Crippen MR) is 138 cm³/mol. The van der Waals surface area contributed by atoms with E-state index in [0.29, 0.717) is 56.7 Å². The van der Waals surface area contributed by atoms with Crippen molar-refractivity contribution in [2.45, 2.75) is 25.6 Å². The van der Waals surface area contributed by atoms with Crippen molar-refractivity contribution >= 4 is 22.7 Å². The molecule has 9 nitrogen and oxygen atoms in total. The zero-order valence-corrected chi connectivity index (χ0v) is 20.9. The number of halogens is 2. The number of aliphatic hydroxyl groups is 1. The summed E-state index contributed by atoms with van der Waals surface area (Å²) < 4.78 is 37.1. The molecule has 0 radical (unpaired) electrons. The van der Waals surface area contributed by atoms with Crippen LogP contribution in [0.1, 0.15) is 17.7 Å². The third-order valence-electron chi connectivity index (χ3n) is 7.02. The zero-order valence-electron chi connectivity index (χ0n) is 20.9. The van der Waals surface area contributed by atoms with Gasteiger partial charge in [0.2, 0.25) is 5.95 Å². The van der Waals surface area contributed by atoms with Crippen LogP contribution in [-0.4, -0.2) is 79.9 Å². The molecule has 0 aliphatic carbocycles. The Labute approximate surface area is 218 Å². The average molecular weight is 522 g/mol. The molecular weight excluding hydrogens is 492 g/mol. The first-order valence-corrected chi connectivity index (χ1v) is 12.8. The van der Waals surface area contributed by atoms with E-state index in [1.54, 1.807) is 23.2 Å². The summed E-state index contributed by atoms with van der Waals surface area (Å²) in [7, 11) is 0. The van der Waals surface area contributed by atoms with Gasteiger partial charge in [-0.25, -0.2) is 13.8 Å². The summed E-state index contributed by atoms with van der Waals surface area (Å²) >= 11 is 0. The molecule has 4 aromatic rings. The molecule has 3 aromatic heterocycles. The van der Waals surface area contributed by atoms with E-state index in [9.17, 15) is 5.11 Å². The van der Waals surface area contributed by atoms with Gasteiger partial charge in [-0.2, -0.15) is 4.98 Å². The monoisotopic (exact) mass is 521 g/mol. The maximum atomic E-state index is 15.0. The van der Waals surface area contributed by atoms with Crippen LogP contribution in [0, 0.1) is 11.6 Å². The second-order valence-electron chi connectivity index (χ2n) is 9.77. The van der Waals surface area contributed by atoms with E-state index in [0.717, 1.165) is 29.7 Å². The van der Waals surface area contributed by atoms with Gasteiger partial charge in [-0.15, -0.1) is 0 Å². The van der Waals surface area contributed by atoms with Crippen molar-refractivity contribution in [1.82, 2.24) is 29.3 Å². The molecule has 198 valence electrons. The van der Waals surface area contributed by atoms with Crippen molar-refractivity contribution in [2.24, 2.45) is 0 Å². The molecule has 2 N–H and O–H groups in total. The van der Waals surface area contributed by atoms with E-state index in [1.807, 2.05) is 23.1 Å². The fraction of sp³-hybridized carbons (Fsp3) is 0.370. The maximum Gasteiger partial charge on any atom is 0.229 e. The number of morpholine rings is 1. The average Bonchev–Trinajstić information content (AvgIpc) is 3.52. The summed E-state index contributed by atoms with van der Waals surface area (Å²) in [6.45, 7) is 4.76. The Morgan fingerprint density at radius 2 is 1.82 bits per heavy atom. The van der Waals surface area contributed by atoms with E-state index >= 15 is 8.78 Å². The second kappa shape index (κ2) is 10.7. The van der Waals surface area contributed by atoms with Crippen molar-refractivity contribution in [3.63, 3.8) is 0 Å². The molecule has 0 bridgehead atoms. The lowest BCUT2D eigenvalue weighted by Gasteiger charge is -2.27. The Hall–Kier alpha value is -3.51. The Balaban J connectivity index is 1.22. The number of pyridine rings is 1. The van der Waals surface area contributed by atoms with Crippen molar-refractivity contribution in [3.8, 4) is 5.69 Å². The first kappa shape index (κ1) is 24.8. The first-order chi connectivity index (χ1) is 18.5. The number of rotatable bonds is 7. The molecule has 38 heavy (non-hydrogen) atoms. The van der Waals surface area contributed by atoms with E-state index < -0.39 is 11.6 Å². The van der Waals surface area contributed by atoms with E-state index in [-0.39, 0.29) is 18.2 Å². The maximum absolute atomic E-state index is 15.0. The number of hydrogen-bond acceptors (Lipinski definition) is 8. The third kappa shape index (κ3) is 5.37. The highest BCUT2D eigenvalue weighted by Crippen LogP contribution is 2.25. The smallest absolute Gasteiger partial charge is 0.229 e. The fourth-order valence-electron chi connectivity index (χ4n) is 5.01. The molecule has 1 unspecified atom stereocenters. The number of likely N-dealkylation sites (tertiary alicyclic amines) is 1. The Bertz CT molecular complexity index is 1420. The summed E-state index contributed by atoms with van der Waals surface area (Å²) in [4.78, 5) is 17.6. The Morgan fingerprint density at radius 1 is 1.00 bits per heavy atom. The highest BCUT2D eigenvalue weighted by Gasteiger charge is 2.21. The molecule has 0 spiro atoms. The number of hydrogen-bond donors (Lipinski definition) is 2. The SMILES string of the molecule is OC1CCN(Cc2cc(Nc3ncc4ccn(-c5cc(F)c(CN6CCOCC6)c(F)c5)c4n3)ccn2)C1. The van der Waals surface area contributed by atoms with Gasteiger partial charge in [0.05, 0.1) is 30.7 Å². The van der Waals surface area contributed by atoms with Gasteiger partial charge in [-0.05, 0) is 36.8 Å². The summed E-state index contributed by atoms with van der Waals surface area (Å²) in [6.07, 6.45) is 5.61. The highest BCUT2D eigenvalue weighted by molar-refractivity contribution is 5.78. The zero-order chi connectivity index (χ0) is 26.1. The van der Waals surface area contributed by atoms with Crippen LogP contribution in [0.4, 0.5) is 20.4 Å². The number of aromatic nitrogens is 4. The molecule has 6 rings (SSSR count). The van der Waals surface area contributed by atoms with Crippen LogP contribution in [0.25, 0.3) is 16.7 Å². The Kier molecular flexibility index (Phi) is 6.98. The lowest BCUT2D eigenvalue weighted by molar-refractivity contribution is 0.0332. The van der Waals surface area contributed by atoms with Gasteiger partial charge < -0.3 is 19.7 Å². The van der Waals surface area contributed by atoms with Crippen molar-refractivity contribution < 1.29 is 18.6 Å². The van der Waals surface area contributed by atoms with Crippen LogP contribution >= 0.6 is 0 Å². The van der Waals surface area contributed by atoms with E-state index in [2.05, 4.69) is 25.2 Å².